The van der Waals surface area contributed by atoms with Crippen LogP contribution in [0.4, 0.5) is 17.1 Å². The van der Waals surface area contributed by atoms with Gasteiger partial charge in [0, 0.05) is 18.0 Å². The fourth-order valence-electron chi connectivity index (χ4n) is 3.93. The van der Waals surface area contributed by atoms with Crippen LogP contribution < -0.4 is 14.5 Å². The number of anilines is 2. The minimum atomic E-state index is -0.0627. The van der Waals surface area contributed by atoms with E-state index in [0.717, 1.165) is 38.3 Å². The van der Waals surface area contributed by atoms with E-state index >= 15 is 0 Å². The van der Waals surface area contributed by atoms with Crippen molar-refractivity contribution in [3.05, 3.63) is 87.3 Å². The van der Waals surface area contributed by atoms with Crippen LogP contribution in [0.5, 0.6) is 5.75 Å². The van der Waals surface area contributed by atoms with Gasteiger partial charge in [-0.25, -0.2) is 4.99 Å². The number of aliphatic imine (C=N–C) groups is 1. The summed E-state index contributed by atoms with van der Waals surface area (Å²) in [6.07, 6.45) is 0. The molecule has 0 aromatic heterocycles. The van der Waals surface area contributed by atoms with E-state index in [0.29, 0.717) is 10.1 Å². The summed E-state index contributed by atoms with van der Waals surface area (Å²) in [4.78, 5) is 24.3. The third kappa shape index (κ3) is 3.99. The summed E-state index contributed by atoms with van der Waals surface area (Å²) in [5.41, 5.74) is 6.17. The molecule has 2 aliphatic heterocycles. The molecule has 0 radical (unpaired) electrons. The second-order valence-electron chi connectivity index (χ2n) is 8.37. The molecule has 0 N–H and O–H groups in total. The van der Waals surface area contributed by atoms with Gasteiger partial charge in [-0.1, -0.05) is 30.0 Å². The molecule has 0 spiro atoms. The van der Waals surface area contributed by atoms with E-state index in [4.69, 9.17) is 9.73 Å². The zero-order chi connectivity index (χ0) is 24.0. The number of amides is 1. The van der Waals surface area contributed by atoms with E-state index in [1.807, 2.05) is 62.5 Å². The number of benzene rings is 3. The number of rotatable bonds is 3. The highest BCUT2D eigenvalue weighted by molar-refractivity contribution is 8.20. The predicted octanol–water partition coefficient (Wildman–Crippen LogP) is 6.80. The van der Waals surface area contributed by atoms with Crippen molar-refractivity contribution < 1.29 is 9.53 Å². The molecule has 0 unspecified atom stereocenters. The van der Waals surface area contributed by atoms with Gasteiger partial charge in [0.05, 0.1) is 29.2 Å². The third-order valence-electron chi connectivity index (χ3n) is 5.99. The summed E-state index contributed by atoms with van der Waals surface area (Å²) in [6, 6.07) is 20.1. The van der Waals surface area contributed by atoms with E-state index in [1.165, 1.54) is 22.9 Å². The molecule has 5 rings (SSSR count). The molecule has 1 fully saturated rings. The Bertz CT molecular complexity index is 1380. The lowest BCUT2D eigenvalue weighted by Crippen LogP contribution is -2.29. The molecule has 172 valence electrons. The second kappa shape index (κ2) is 8.89. The first-order chi connectivity index (χ1) is 16.4. The van der Waals surface area contributed by atoms with E-state index in [1.54, 1.807) is 23.8 Å². The average Bonchev–Trinajstić information content (AvgIpc) is 3.32. The monoisotopic (exact) mass is 487 g/mol. The molecule has 7 heteroatoms. The summed E-state index contributed by atoms with van der Waals surface area (Å²) in [5, 5.41) is 1.56. The molecule has 5 nitrogen and oxygen atoms in total. The fraction of sp³-hybridized carbons (Fsp3) is 0.185. The maximum atomic E-state index is 13.8. The third-order valence-corrected chi connectivity index (χ3v) is 8.38. The Labute approximate surface area is 208 Å². The van der Waals surface area contributed by atoms with Gasteiger partial charge in [-0.3, -0.25) is 9.69 Å². The van der Waals surface area contributed by atoms with Crippen LogP contribution in [-0.2, 0) is 4.79 Å². The van der Waals surface area contributed by atoms with Crippen LogP contribution >= 0.6 is 23.5 Å². The number of ether oxygens (including phenoxy) is 1. The average molecular weight is 488 g/mol. The number of thioether (sulfide) groups is 2. The number of methoxy groups -OCH3 is 1. The number of carbonyl (C=O) groups excluding carboxylic acids is 1. The van der Waals surface area contributed by atoms with E-state index < -0.39 is 0 Å². The Morgan fingerprint density at radius 1 is 0.912 bits per heavy atom. The molecule has 0 aliphatic carbocycles. The largest absolute Gasteiger partial charge is 0.497 e. The van der Waals surface area contributed by atoms with Gasteiger partial charge in [-0.15, -0.1) is 0 Å². The Hall–Kier alpha value is -3.16. The predicted molar refractivity (Wildman–Crippen MR) is 144 cm³/mol. The maximum absolute atomic E-state index is 13.8. The molecule has 2 heterocycles. The van der Waals surface area contributed by atoms with E-state index in [9.17, 15) is 4.79 Å². The quantitative estimate of drug-likeness (QED) is 0.380. The van der Waals surface area contributed by atoms with Crippen LogP contribution in [0.15, 0.2) is 80.5 Å². The first-order valence-electron chi connectivity index (χ1n) is 10.9. The number of fused-ring (bicyclic) bond motifs is 1. The number of nitrogens with zero attached hydrogens (tertiary/aromatic N) is 3. The molecular formula is C27H25N3O2S2. The van der Waals surface area contributed by atoms with Gasteiger partial charge < -0.3 is 9.64 Å². The molecule has 1 amide bonds. The highest BCUT2D eigenvalue weighted by Crippen LogP contribution is 2.51. The van der Waals surface area contributed by atoms with Gasteiger partial charge >= 0.3 is 0 Å². The summed E-state index contributed by atoms with van der Waals surface area (Å²) >= 11 is 3.03. The van der Waals surface area contributed by atoms with Crippen molar-refractivity contribution in [3.8, 4) is 5.75 Å². The standard InChI is InChI=1S/C27H25N3O2S2/c1-16-7-6-8-20(13-16)30-25(31)24(34-27(30)28-19-10-9-17(2)18(3)14-19)26-29(4)22-15-21(32-5)11-12-23(22)33-26/h6-15H,1-5H3/b26-24-,28-27?. The lowest BCUT2D eigenvalue weighted by atomic mass is 10.1. The molecule has 34 heavy (non-hydrogen) atoms. The van der Waals surface area contributed by atoms with Gasteiger partial charge in [0.15, 0.2) is 5.17 Å². The smallest absolute Gasteiger partial charge is 0.274 e. The highest BCUT2D eigenvalue weighted by atomic mass is 32.2. The minimum absolute atomic E-state index is 0.0627. The molecule has 0 atom stereocenters. The Morgan fingerprint density at radius 2 is 1.74 bits per heavy atom. The van der Waals surface area contributed by atoms with Crippen LogP contribution in [0.2, 0.25) is 0 Å². The van der Waals surface area contributed by atoms with Gasteiger partial charge in [0.2, 0.25) is 0 Å². The molecule has 2 aliphatic rings. The summed E-state index contributed by atoms with van der Waals surface area (Å²) in [6.45, 7) is 6.19. The SMILES string of the molecule is COc1ccc2c(c1)N(C)/C(=C1/SC(=Nc3ccc(C)c(C)c3)N(c3cccc(C)c3)C1=O)S2. The Kier molecular flexibility index (Phi) is 5.91. The number of carbonyl (C=O) groups is 1. The molecule has 1 saturated heterocycles. The van der Waals surface area contributed by atoms with Crippen molar-refractivity contribution in [1.82, 2.24) is 0 Å². The Morgan fingerprint density at radius 3 is 2.47 bits per heavy atom. The highest BCUT2D eigenvalue weighted by Gasteiger charge is 2.40. The summed E-state index contributed by atoms with van der Waals surface area (Å²) in [5.74, 6) is 0.730. The van der Waals surface area contributed by atoms with Crippen LogP contribution in [0, 0.1) is 20.8 Å². The van der Waals surface area contributed by atoms with Crippen LogP contribution in [0.3, 0.4) is 0 Å². The van der Waals surface area contributed by atoms with Gasteiger partial charge in [0.1, 0.15) is 10.7 Å². The first kappa shape index (κ1) is 22.6. The van der Waals surface area contributed by atoms with Gasteiger partial charge in [-0.2, -0.15) is 0 Å². The molecular weight excluding hydrogens is 462 g/mol. The zero-order valence-electron chi connectivity index (χ0n) is 19.7. The number of hydrogen-bond acceptors (Lipinski definition) is 6. The summed E-state index contributed by atoms with van der Waals surface area (Å²) in [7, 11) is 3.65. The number of hydrogen-bond donors (Lipinski definition) is 0. The van der Waals surface area contributed by atoms with Gasteiger partial charge in [0.25, 0.3) is 5.91 Å². The number of amidine groups is 1. The fourth-order valence-corrected chi connectivity index (χ4v) is 6.26. The molecule has 3 aromatic carbocycles. The topological polar surface area (TPSA) is 45.1 Å². The van der Waals surface area contributed by atoms with Crippen LogP contribution in [0.25, 0.3) is 0 Å². The zero-order valence-corrected chi connectivity index (χ0v) is 21.4. The van der Waals surface area contributed by atoms with Crippen molar-refractivity contribution in [3.63, 3.8) is 0 Å². The van der Waals surface area contributed by atoms with Gasteiger partial charge in [-0.05, 0) is 85.6 Å². The molecule has 0 saturated carbocycles. The Balaban J connectivity index is 1.61. The van der Waals surface area contributed by atoms with Crippen molar-refractivity contribution in [2.24, 2.45) is 4.99 Å². The summed E-state index contributed by atoms with van der Waals surface area (Å²) < 4.78 is 5.41. The van der Waals surface area contributed by atoms with E-state index in [-0.39, 0.29) is 5.91 Å². The van der Waals surface area contributed by atoms with Crippen molar-refractivity contribution in [2.75, 3.05) is 24.0 Å². The normalized spacial score (nSPS) is 18.7. The second-order valence-corrected chi connectivity index (χ2v) is 10.4. The lowest BCUT2D eigenvalue weighted by molar-refractivity contribution is -0.113. The molecule has 0 bridgehead atoms. The lowest BCUT2D eigenvalue weighted by Gasteiger charge is -2.17. The van der Waals surface area contributed by atoms with Crippen LogP contribution in [0.1, 0.15) is 16.7 Å². The minimum Gasteiger partial charge on any atom is -0.497 e. The first-order valence-corrected chi connectivity index (χ1v) is 12.6. The maximum Gasteiger partial charge on any atom is 0.274 e. The van der Waals surface area contributed by atoms with Crippen molar-refractivity contribution >= 4 is 51.7 Å². The van der Waals surface area contributed by atoms with Crippen LogP contribution in [-0.4, -0.2) is 25.2 Å². The number of aryl methyl sites for hydroxylation is 3. The van der Waals surface area contributed by atoms with Crippen molar-refractivity contribution in [1.29, 1.82) is 0 Å². The van der Waals surface area contributed by atoms with Crippen molar-refractivity contribution in [2.45, 2.75) is 25.7 Å². The van der Waals surface area contributed by atoms with E-state index in [2.05, 4.69) is 30.9 Å². The molecule has 3 aromatic rings.